The van der Waals surface area contributed by atoms with Crippen molar-refractivity contribution in [1.29, 1.82) is 0 Å². The molecule has 1 aliphatic rings. The summed E-state index contributed by atoms with van der Waals surface area (Å²) >= 11 is 0. The zero-order valence-corrected chi connectivity index (χ0v) is 21.6. The molecule has 3 rings (SSSR count). The van der Waals surface area contributed by atoms with E-state index in [0.29, 0.717) is 37.3 Å². The smallest absolute Gasteiger partial charge is 0.243 e. The number of nitrogens with one attached hydrogen (secondary N) is 1. The van der Waals surface area contributed by atoms with E-state index in [9.17, 15) is 9.59 Å². The first-order valence-corrected chi connectivity index (χ1v) is 12.8. The lowest BCUT2D eigenvalue weighted by Gasteiger charge is -2.33. The molecule has 0 aliphatic heterocycles. The summed E-state index contributed by atoms with van der Waals surface area (Å²) in [7, 11) is 3.21. The average molecular weight is 481 g/mol. The predicted octanol–water partition coefficient (Wildman–Crippen LogP) is 5.20. The zero-order valence-electron chi connectivity index (χ0n) is 21.6. The molecule has 1 fully saturated rings. The molecule has 6 heteroatoms. The molecule has 0 heterocycles. The van der Waals surface area contributed by atoms with Crippen molar-refractivity contribution in [2.75, 3.05) is 14.2 Å². The number of rotatable bonds is 11. The van der Waals surface area contributed by atoms with E-state index in [0.717, 1.165) is 42.4 Å². The Kier molecular flexibility index (Phi) is 10.0. The molecule has 1 saturated carbocycles. The molecule has 0 aromatic heterocycles. The second kappa shape index (κ2) is 13.2. The average Bonchev–Trinajstić information content (AvgIpc) is 2.87. The molecule has 0 radical (unpaired) electrons. The van der Waals surface area contributed by atoms with E-state index < -0.39 is 6.04 Å². The largest absolute Gasteiger partial charge is 0.493 e. The highest BCUT2D eigenvalue weighted by Gasteiger charge is 2.30. The monoisotopic (exact) mass is 480 g/mol. The van der Waals surface area contributed by atoms with Crippen molar-refractivity contribution in [3.63, 3.8) is 0 Å². The van der Waals surface area contributed by atoms with Gasteiger partial charge in [0, 0.05) is 19.0 Å². The van der Waals surface area contributed by atoms with Crippen LogP contribution in [0.4, 0.5) is 0 Å². The maximum Gasteiger partial charge on any atom is 0.243 e. The maximum atomic E-state index is 13.6. The summed E-state index contributed by atoms with van der Waals surface area (Å²) in [5, 5.41) is 3.24. The number of amides is 2. The van der Waals surface area contributed by atoms with Crippen LogP contribution in [0.3, 0.4) is 0 Å². The van der Waals surface area contributed by atoms with E-state index in [4.69, 9.17) is 9.47 Å². The maximum absolute atomic E-state index is 13.6. The first-order valence-electron chi connectivity index (χ1n) is 12.8. The summed E-state index contributed by atoms with van der Waals surface area (Å²) in [6.07, 6.45) is 7.03. The van der Waals surface area contributed by atoms with Crippen LogP contribution in [-0.2, 0) is 22.6 Å². The molecule has 6 nitrogen and oxygen atoms in total. The number of aryl methyl sites for hydroxylation is 2. The number of hydrogen-bond acceptors (Lipinski definition) is 4. The van der Waals surface area contributed by atoms with Crippen molar-refractivity contribution < 1.29 is 19.1 Å². The van der Waals surface area contributed by atoms with Gasteiger partial charge in [-0.25, -0.2) is 0 Å². The summed E-state index contributed by atoms with van der Waals surface area (Å²) in [5.74, 6) is 1.25. The van der Waals surface area contributed by atoms with Gasteiger partial charge in [0.25, 0.3) is 0 Å². The Bertz CT molecular complexity index is 984. The Hall–Kier alpha value is -3.02. The molecule has 1 atom stereocenters. The second-order valence-electron chi connectivity index (χ2n) is 9.47. The third-order valence-electron chi connectivity index (χ3n) is 6.85. The molecule has 35 heavy (non-hydrogen) atoms. The topological polar surface area (TPSA) is 67.9 Å². The van der Waals surface area contributed by atoms with Gasteiger partial charge in [0.2, 0.25) is 11.8 Å². The number of nitrogens with zero attached hydrogens (tertiary/aromatic N) is 1. The molecule has 0 saturated heterocycles. The van der Waals surface area contributed by atoms with Crippen LogP contribution in [0, 0.1) is 6.92 Å². The van der Waals surface area contributed by atoms with Crippen LogP contribution >= 0.6 is 0 Å². The summed E-state index contributed by atoms with van der Waals surface area (Å²) in [6, 6.07) is 13.6. The normalized spacial score (nSPS) is 14.7. The lowest BCUT2D eigenvalue weighted by molar-refractivity contribution is -0.141. The van der Waals surface area contributed by atoms with Crippen molar-refractivity contribution in [3.05, 3.63) is 59.2 Å². The van der Waals surface area contributed by atoms with Crippen molar-refractivity contribution in [1.82, 2.24) is 10.2 Å². The van der Waals surface area contributed by atoms with Gasteiger partial charge in [-0.2, -0.15) is 0 Å². The summed E-state index contributed by atoms with van der Waals surface area (Å²) in [5.41, 5.74) is 3.17. The van der Waals surface area contributed by atoms with E-state index in [-0.39, 0.29) is 17.9 Å². The number of carbonyl (C=O) groups excluding carboxylic acids is 2. The third kappa shape index (κ3) is 7.48. The Balaban J connectivity index is 1.76. The van der Waals surface area contributed by atoms with E-state index in [1.807, 2.05) is 50.2 Å². The lowest BCUT2D eigenvalue weighted by Crippen LogP contribution is -2.51. The number of hydrogen-bond donors (Lipinski definition) is 1. The van der Waals surface area contributed by atoms with E-state index >= 15 is 0 Å². The molecule has 2 aromatic carbocycles. The van der Waals surface area contributed by atoms with Gasteiger partial charge in [0.1, 0.15) is 6.04 Å². The minimum absolute atomic E-state index is 0.0214. The minimum atomic E-state index is -0.490. The molecule has 2 aromatic rings. The van der Waals surface area contributed by atoms with Crippen molar-refractivity contribution in [2.45, 2.75) is 83.8 Å². The van der Waals surface area contributed by atoms with Gasteiger partial charge in [-0.3, -0.25) is 9.59 Å². The fraction of sp³-hybridized carbons (Fsp3) is 0.517. The molecule has 1 aliphatic carbocycles. The first-order chi connectivity index (χ1) is 16.9. The molecule has 0 unspecified atom stereocenters. The Labute approximate surface area is 210 Å². The van der Waals surface area contributed by atoms with E-state index in [1.165, 1.54) is 6.42 Å². The zero-order chi connectivity index (χ0) is 25.2. The van der Waals surface area contributed by atoms with Crippen LogP contribution in [0.15, 0.2) is 42.5 Å². The highest BCUT2D eigenvalue weighted by molar-refractivity contribution is 5.88. The standard InChI is InChI=1S/C29H40N2O4/c1-5-25(29(33)30-24-12-7-6-8-13-24)31(20-23-11-9-10-21(2)18-23)28(32)17-15-22-14-16-26(34-3)27(19-22)35-4/h9-11,14,16,18-19,24-25H,5-8,12-13,15,17,20H2,1-4H3,(H,30,33)/t25-/m1/s1. The summed E-state index contributed by atoms with van der Waals surface area (Å²) in [6.45, 7) is 4.44. The Morgan fingerprint density at radius 2 is 1.74 bits per heavy atom. The van der Waals surface area contributed by atoms with Crippen LogP contribution in [0.2, 0.25) is 0 Å². The van der Waals surface area contributed by atoms with Crippen molar-refractivity contribution in [3.8, 4) is 11.5 Å². The molecule has 1 N–H and O–H groups in total. The van der Waals surface area contributed by atoms with Crippen LogP contribution in [0.25, 0.3) is 0 Å². The van der Waals surface area contributed by atoms with Crippen LogP contribution in [0.1, 0.15) is 68.6 Å². The van der Waals surface area contributed by atoms with Crippen LogP contribution in [-0.4, -0.2) is 43.0 Å². The van der Waals surface area contributed by atoms with Gasteiger partial charge >= 0.3 is 0 Å². The van der Waals surface area contributed by atoms with Gasteiger partial charge in [-0.1, -0.05) is 62.1 Å². The third-order valence-corrected chi connectivity index (χ3v) is 6.85. The number of benzene rings is 2. The Morgan fingerprint density at radius 1 is 1.00 bits per heavy atom. The van der Waals surface area contributed by atoms with Crippen molar-refractivity contribution >= 4 is 11.8 Å². The summed E-state index contributed by atoms with van der Waals surface area (Å²) < 4.78 is 10.7. The van der Waals surface area contributed by atoms with Crippen LogP contribution < -0.4 is 14.8 Å². The van der Waals surface area contributed by atoms with Crippen molar-refractivity contribution in [2.24, 2.45) is 0 Å². The first kappa shape index (κ1) is 26.6. The minimum Gasteiger partial charge on any atom is -0.493 e. The van der Waals surface area contributed by atoms with Gasteiger partial charge in [0.05, 0.1) is 14.2 Å². The van der Waals surface area contributed by atoms with Gasteiger partial charge in [-0.05, 0) is 55.9 Å². The number of ether oxygens (including phenoxy) is 2. The highest BCUT2D eigenvalue weighted by atomic mass is 16.5. The fourth-order valence-corrected chi connectivity index (χ4v) is 4.90. The SMILES string of the molecule is CC[C@H](C(=O)NC1CCCCC1)N(Cc1cccc(C)c1)C(=O)CCc1ccc(OC)c(OC)c1. The fourth-order valence-electron chi connectivity index (χ4n) is 4.90. The second-order valence-corrected chi connectivity index (χ2v) is 9.47. The highest BCUT2D eigenvalue weighted by Crippen LogP contribution is 2.28. The van der Waals surface area contributed by atoms with Gasteiger partial charge in [-0.15, -0.1) is 0 Å². The van der Waals surface area contributed by atoms with E-state index in [1.54, 1.807) is 19.1 Å². The van der Waals surface area contributed by atoms with Gasteiger partial charge in [0.15, 0.2) is 11.5 Å². The molecule has 190 valence electrons. The van der Waals surface area contributed by atoms with Gasteiger partial charge < -0.3 is 19.7 Å². The van der Waals surface area contributed by atoms with Crippen LogP contribution in [0.5, 0.6) is 11.5 Å². The molecule has 2 amide bonds. The molecule has 0 spiro atoms. The lowest BCUT2D eigenvalue weighted by atomic mass is 9.95. The quantitative estimate of drug-likeness (QED) is 0.480. The molecule has 0 bridgehead atoms. The van der Waals surface area contributed by atoms with E-state index in [2.05, 4.69) is 11.4 Å². The summed E-state index contributed by atoms with van der Waals surface area (Å²) in [4.78, 5) is 28.7. The number of methoxy groups -OCH3 is 2. The molecular weight excluding hydrogens is 440 g/mol. The Morgan fingerprint density at radius 3 is 2.40 bits per heavy atom. The number of carbonyl (C=O) groups is 2. The molecular formula is C29H40N2O4. The predicted molar refractivity (Wildman–Crippen MR) is 139 cm³/mol.